The summed E-state index contributed by atoms with van der Waals surface area (Å²) < 4.78 is 41.6. The maximum Gasteiger partial charge on any atom is 1.00 e. The Labute approximate surface area is 228 Å². The van der Waals surface area contributed by atoms with Crippen LogP contribution in [0.15, 0.2) is 60.5 Å². The van der Waals surface area contributed by atoms with Crippen LogP contribution in [-0.4, -0.2) is 51.0 Å². The number of nitrogens with one attached hydrogen (secondary N) is 3. The van der Waals surface area contributed by atoms with E-state index < -0.39 is 10.1 Å². The van der Waals surface area contributed by atoms with Crippen LogP contribution in [0.3, 0.4) is 0 Å². The fourth-order valence-electron chi connectivity index (χ4n) is 3.26. The van der Waals surface area contributed by atoms with Gasteiger partial charge < -0.3 is 25.2 Å². The Bertz CT molecular complexity index is 1140. The van der Waals surface area contributed by atoms with E-state index in [1.807, 2.05) is 0 Å². The van der Waals surface area contributed by atoms with E-state index in [2.05, 4.69) is 29.1 Å². The molecule has 0 saturated carbocycles. The minimum atomic E-state index is -4.73. The number of ether oxygens (including phenoxy) is 1. The van der Waals surface area contributed by atoms with Crippen LogP contribution in [0, 0.1) is 0 Å². The van der Waals surface area contributed by atoms with Gasteiger partial charge in [-0.1, -0.05) is 37.4 Å². The van der Waals surface area contributed by atoms with Gasteiger partial charge in [0, 0.05) is 36.5 Å². The Morgan fingerprint density at radius 3 is 2.03 bits per heavy atom. The molecule has 0 aliphatic carbocycles. The molecule has 2 aromatic carbocycles. The van der Waals surface area contributed by atoms with Crippen molar-refractivity contribution in [1.29, 1.82) is 0 Å². The van der Waals surface area contributed by atoms with E-state index >= 15 is 0 Å². The van der Waals surface area contributed by atoms with Crippen LogP contribution in [0.1, 0.15) is 25.7 Å². The number of fused-ring (bicyclic) bond motifs is 1. The molecular weight excluding hydrogens is 481 g/mol. The molecule has 35 heavy (non-hydrogen) atoms. The zero-order valence-corrected chi connectivity index (χ0v) is 22.8. The van der Waals surface area contributed by atoms with E-state index in [0.29, 0.717) is 48.9 Å². The molecule has 0 bridgehead atoms. The number of benzene rings is 2. The largest absolute Gasteiger partial charge is 1.00 e. The summed E-state index contributed by atoms with van der Waals surface area (Å²) in [6, 6.07) is 8.00. The summed E-state index contributed by atoms with van der Waals surface area (Å²) in [5.74, 6) is -0.215. The van der Waals surface area contributed by atoms with Crippen LogP contribution >= 0.6 is 0 Å². The van der Waals surface area contributed by atoms with Crippen LogP contribution in [0.25, 0.3) is 10.8 Å². The van der Waals surface area contributed by atoms with Gasteiger partial charge in [0.25, 0.3) is 0 Å². The number of anilines is 1. The summed E-state index contributed by atoms with van der Waals surface area (Å²) in [6.07, 6.45) is 5.12. The zero-order valence-electron chi connectivity index (χ0n) is 20.0. The molecule has 9 nitrogen and oxygen atoms in total. The first-order valence-electron chi connectivity index (χ1n) is 11.0. The minimum absolute atomic E-state index is 0. The van der Waals surface area contributed by atoms with E-state index in [9.17, 15) is 22.6 Å². The van der Waals surface area contributed by atoms with Crippen molar-refractivity contribution in [2.75, 3.05) is 31.6 Å². The van der Waals surface area contributed by atoms with Gasteiger partial charge in [-0.3, -0.25) is 9.59 Å². The van der Waals surface area contributed by atoms with Crippen LogP contribution in [0.4, 0.5) is 5.69 Å². The van der Waals surface area contributed by atoms with Gasteiger partial charge in [0.2, 0.25) is 11.8 Å². The molecule has 0 aromatic heterocycles. The molecule has 2 amide bonds. The van der Waals surface area contributed by atoms with Crippen molar-refractivity contribution in [3.8, 4) is 5.75 Å². The second-order valence-electron chi connectivity index (χ2n) is 7.43. The molecule has 0 aliphatic heterocycles. The van der Waals surface area contributed by atoms with E-state index in [4.69, 9.17) is 4.74 Å². The number of rotatable bonds is 15. The van der Waals surface area contributed by atoms with E-state index in [1.165, 1.54) is 18.2 Å². The molecule has 2 rings (SSSR count). The van der Waals surface area contributed by atoms with Crippen molar-refractivity contribution in [3.05, 3.63) is 55.6 Å². The number of amides is 2. The third kappa shape index (κ3) is 10.0. The zero-order chi connectivity index (χ0) is 25.0. The summed E-state index contributed by atoms with van der Waals surface area (Å²) in [5, 5.41) is 9.55. The van der Waals surface area contributed by atoms with Gasteiger partial charge in [0.05, 0.1) is 17.2 Å². The van der Waals surface area contributed by atoms with E-state index in [1.54, 1.807) is 24.3 Å². The maximum atomic E-state index is 11.9. The molecule has 0 radical (unpaired) electrons. The monoisotopic (exact) mass is 511 g/mol. The first-order valence-corrected chi connectivity index (χ1v) is 12.4. The molecule has 0 atom stereocenters. The van der Waals surface area contributed by atoms with Crippen molar-refractivity contribution in [2.45, 2.75) is 30.6 Å². The molecule has 3 N–H and O–H groups in total. The summed E-state index contributed by atoms with van der Waals surface area (Å²) in [4.78, 5) is 22.1. The van der Waals surface area contributed by atoms with Gasteiger partial charge in [-0.25, -0.2) is 8.42 Å². The molecule has 0 heterocycles. The molecule has 0 saturated heterocycles. The van der Waals surface area contributed by atoms with Crippen LogP contribution in [0.2, 0.25) is 0 Å². The SMILES string of the molecule is C=CC(=O)NCCCCNc1c(OCCCCNC(=O)C=C)cc(S(=O)(=O)[O-])c2ccccc12.[Na+]. The van der Waals surface area contributed by atoms with E-state index in [-0.39, 0.29) is 58.6 Å². The Kier molecular flexibility index (Phi) is 13.7. The molecule has 0 unspecified atom stereocenters. The van der Waals surface area contributed by atoms with Crippen LogP contribution in [-0.2, 0) is 19.7 Å². The molecule has 0 aliphatic rings. The molecule has 2 aromatic rings. The van der Waals surface area contributed by atoms with Crippen molar-refractivity contribution in [3.63, 3.8) is 0 Å². The number of hydrogen-bond donors (Lipinski definition) is 3. The van der Waals surface area contributed by atoms with Gasteiger partial charge in [-0.2, -0.15) is 0 Å². The quantitative estimate of drug-likeness (QED) is 0.129. The van der Waals surface area contributed by atoms with Crippen molar-refractivity contribution in [1.82, 2.24) is 10.6 Å². The fourth-order valence-corrected chi connectivity index (χ4v) is 3.96. The Hall–Kier alpha value is -2.37. The summed E-state index contributed by atoms with van der Waals surface area (Å²) in [6.45, 7) is 8.57. The van der Waals surface area contributed by atoms with Gasteiger partial charge in [-0.05, 0) is 37.8 Å². The fraction of sp³-hybridized carbons (Fsp3) is 0.333. The predicted molar refractivity (Wildman–Crippen MR) is 131 cm³/mol. The van der Waals surface area contributed by atoms with Gasteiger partial charge in [-0.15, -0.1) is 0 Å². The normalized spacial score (nSPS) is 10.7. The van der Waals surface area contributed by atoms with E-state index in [0.717, 1.165) is 12.8 Å². The molecule has 184 valence electrons. The summed E-state index contributed by atoms with van der Waals surface area (Å²) in [7, 11) is -4.73. The minimum Gasteiger partial charge on any atom is -0.744 e. The average Bonchev–Trinajstić information content (AvgIpc) is 2.82. The number of carbonyl (C=O) groups excluding carboxylic acids is 2. The van der Waals surface area contributed by atoms with Crippen LogP contribution in [0.5, 0.6) is 5.75 Å². The first kappa shape index (κ1) is 30.7. The summed E-state index contributed by atoms with van der Waals surface area (Å²) >= 11 is 0. The molecular formula is C24H30N3NaO6S. The summed E-state index contributed by atoms with van der Waals surface area (Å²) in [5.41, 5.74) is 0.595. The first-order chi connectivity index (χ1) is 16.3. The Morgan fingerprint density at radius 2 is 1.46 bits per heavy atom. The molecule has 0 fully saturated rings. The second kappa shape index (κ2) is 15.6. The van der Waals surface area contributed by atoms with Gasteiger partial charge in [0.15, 0.2) is 0 Å². The Morgan fingerprint density at radius 1 is 0.914 bits per heavy atom. The van der Waals surface area contributed by atoms with Crippen molar-refractivity contribution >= 4 is 38.4 Å². The topological polar surface area (TPSA) is 137 Å². The van der Waals surface area contributed by atoms with Crippen molar-refractivity contribution < 1.29 is 56.9 Å². The molecule has 11 heteroatoms. The van der Waals surface area contributed by atoms with Crippen molar-refractivity contribution in [2.24, 2.45) is 0 Å². The number of hydrogen-bond acceptors (Lipinski definition) is 7. The average molecular weight is 512 g/mol. The maximum absolute atomic E-state index is 11.9. The predicted octanol–water partition coefficient (Wildman–Crippen LogP) is -0.297. The standard InChI is InChI=1S/C24H31N3O6S.Na/c1-3-22(28)25-13-7-8-15-27-24-19-12-6-5-11-18(19)21(34(30,31)32)17-20(24)33-16-10-9-14-26-23(29)4-2;/h3-6,11-12,17,27H,1-2,7-10,13-16H2,(H,25,28)(H,26,29)(H,30,31,32);/q;+1/p-1. The number of unbranched alkanes of at least 4 members (excludes halogenated alkanes) is 2. The smallest absolute Gasteiger partial charge is 0.744 e. The van der Waals surface area contributed by atoms with Gasteiger partial charge >= 0.3 is 29.6 Å². The van der Waals surface area contributed by atoms with Crippen LogP contribution < -0.4 is 50.2 Å². The second-order valence-corrected chi connectivity index (χ2v) is 8.78. The van der Waals surface area contributed by atoms with Gasteiger partial charge in [0.1, 0.15) is 15.9 Å². The third-order valence-corrected chi connectivity index (χ3v) is 5.82. The third-order valence-electron chi connectivity index (χ3n) is 4.94. The Balaban J connectivity index is 0.00000612. The number of carbonyl (C=O) groups is 2. The molecule has 0 spiro atoms.